The van der Waals surface area contributed by atoms with Gasteiger partial charge in [-0.1, -0.05) is 0 Å². The molecular weight excluding hydrogens is 231 g/mol. The summed E-state index contributed by atoms with van der Waals surface area (Å²) < 4.78 is 18.3. The smallest absolute Gasteiger partial charge is 0.131 e. The quantitative estimate of drug-likeness (QED) is 0.905. The molecule has 1 aromatic heterocycles. The van der Waals surface area contributed by atoms with Crippen LogP contribution in [-0.4, -0.2) is 4.98 Å². The molecule has 0 radical (unpaired) electrons. The molecule has 1 heterocycles. The molecule has 2 N–H and O–H groups in total. The van der Waals surface area contributed by atoms with Gasteiger partial charge in [0.2, 0.25) is 0 Å². The maximum absolute atomic E-state index is 12.7. The van der Waals surface area contributed by atoms with Crippen molar-refractivity contribution < 1.29 is 9.13 Å². The highest BCUT2D eigenvalue weighted by atomic mass is 19.1. The van der Waals surface area contributed by atoms with E-state index in [1.165, 1.54) is 12.1 Å². The van der Waals surface area contributed by atoms with Crippen LogP contribution in [0.1, 0.15) is 16.8 Å². The van der Waals surface area contributed by atoms with E-state index in [2.05, 4.69) is 4.98 Å². The Kier molecular flexibility index (Phi) is 3.46. The van der Waals surface area contributed by atoms with Crippen molar-refractivity contribution in [3.63, 3.8) is 0 Å². The molecule has 0 fully saturated rings. The number of halogens is 1. The number of nitrogens with zero attached hydrogens (tertiary/aromatic N) is 1. The minimum Gasteiger partial charge on any atom is -0.487 e. The molecule has 0 aliphatic carbocycles. The van der Waals surface area contributed by atoms with Gasteiger partial charge in [-0.15, -0.1) is 0 Å². The van der Waals surface area contributed by atoms with Crippen molar-refractivity contribution in [1.82, 2.24) is 4.98 Å². The molecule has 0 saturated heterocycles. The van der Waals surface area contributed by atoms with Gasteiger partial charge in [-0.3, -0.25) is 4.98 Å². The van der Waals surface area contributed by atoms with Crippen molar-refractivity contribution in [2.24, 2.45) is 0 Å². The van der Waals surface area contributed by atoms with Crippen LogP contribution in [0.4, 0.5) is 10.1 Å². The van der Waals surface area contributed by atoms with Crippen molar-refractivity contribution in [2.75, 3.05) is 5.73 Å². The highest BCUT2D eigenvalue weighted by molar-refractivity contribution is 5.53. The van der Waals surface area contributed by atoms with E-state index in [4.69, 9.17) is 10.5 Å². The minimum absolute atomic E-state index is 0.281. The molecule has 2 aromatic rings. The second-order valence-corrected chi connectivity index (χ2v) is 4.17. The number of aryl methyl sites for hydroxylation is 1. The van der Waals surface area contributed by atoms with Crippen LogP contribution in [0.15, 0.2) is 30.5 Å². The first-order chi connectivity index (χ1) is 8.58. The van der Waals surface area contributed by atoms with Crippen molar-refractivity contribution in [3.8, 4) is 5.75 Å². The number of rotatable bonds is 3. The summed E-state index contributed by atoms with van der Waals surface area (Å²) >= 11 is 0. The predicted octanol–water partition coefficient (Wildman–Crippen LogP) is 3.00. The molecule has 3 nitrogen and oxygen atoms in total. The summed E-state index contributed by atoms with van der Waals surface area (Å²) in [6, 6.07) is 5.89. The standard InChI is InChI=1S/C14H15FN2O/c1-9-7-17-13(10(2)14(9)16)8-18-12-5-3-11(15)4-6-12/h3-7H,8H2,1-2H3,(H2,16,17). The van der Waals surface area contributed by atoms with Gasteiger partial charge in [0, 0.05) is 11.9 Å². The summed E-state index contributed by atoms with van der Waals surface area (Å²) in [4.78, 5) is 4.29. The van der Waals surface area contributed by atoms with Crippen LogP contribution in [0.3, 0.4) is 0 Å². The third kappa shape index (κ3) is 2.59. The summed E-state index contributed by atoms with van der Waals surface area (Å²) in [6.07, 6.45) is 1.73. The monoisotopic (exact) mass is 246 g/mol. The highest BCUT2D eigenvalue weighted by Gasteiger charge is 2.06. The summed E-state index contributed by atoms with van der Waals surface area (Å²) in [5.41, 5.74) is 9.34. The summed E-state index contributed by atoms with van der Waals surface area (Å²) in [5.74, 6) is 0.327. The van der Waals surface area contributed by atoms with Gasteiger partial charge >= 0.3 is 0 Å². The molecular formula is C14H15FN2O. The Morgan fingerprint density at radius 1 is 1.22 bits per heavy atom. The molecule has 0 unspecified atom stereocenters. The molecule has 0 aliphatic heterocycles. The number of anilines is 1. The van der Waals surface area contributed by atoms with Crippen molar-refractivity contribution in [3.05, 3.63) is 53.1 Å². The second-order valence-electron chi connectivity index (χ2n) is 4.17. The third-order valence-corrected chi connectivity index (χ3v) is 2.86. The Hall–Kier alpha value is -2.10. The molecule has 94 valence electrons. The number of hydrogen-bond donors (Lipinski definition) is 1. The lowest BCUT2D eigenvalue weighted by Gasteiger charge is -2.11. The summed E-state index contributed by atoms with van der Waals surface area (Å²) in [5, 5.41) is 0. The Morgan fingerprint density at radius 2 is 1.89 bits per heavy atom. The molecule has 0 saturated carbocycles. The van der Waals surface area contributed by atoms with Crippen LogP contribution < -0.4 is 10.5 Å². The molecule has 0 aliphatic rings. The zero-order valence-electron chi connectivity index (χ0n) is 10.4. The van der Waals surface area contributed by atoms with Crippen LogP contribution in [0.5, 0.6) is 5.75 Å². The van der Waals surface area contributed by atoms with Gasteiger partial charge in [-0.05, 0) is 49.2 Å². The van der Waals surface area contributed by atoms with E-state index in [0.717, 1.165) is 22.5 Å². The number of aromatic nitrogens is 1. The molecule has 0 amide bonds. The first-order valence-corrected chi connectivity index (χ1v) is 5.67. The van der Waals surface area contributed by atoms with Gasteiger partial charge in [0.15, 0.2) is 0 Å². The number of nitrogens with two attached hydrogens (primary N) is 1. The van der Waals surface area contributed by atoms with Gasteiger partial charge in [-0.2, -0.15) is 0 Å². The van der Waals surface area contributed by atoms with Crippen molar-refractivity contribution in [2.45, 2.75) is 20.5 Å². The minimum atomic E-state index is -0.281. The fraction of sp³-hybridized carbons (Fsp3) is 0.214. The van der Waals surface area contributed by atoms with E-state index >= 15 is 0 Å². The van der Waals surface area contributed by atoms with E-state index in [9.17, 15) is 4.39 Å². The van der Waals surface area contributed by atoms with Gasteiger partial charge < -0.3 is 10.5 Å². The number of pyridine rings is 1. The summed E-state index contributed by atoms with van der Waals surface area (Å²) in [6.45, 7) is 4.15. The van der Waals surface area contributed by atoms with Crippen LogP contribution >= 0.6 is 0 Å². The number of benzene rings is 1. The average molecular weight is 246 g/mol. The molecule has 0 spiro atoms. The Bertz CT molecular complexity index is 552. The lowest BCUT2D eigenvalue weighted by atomic mass is 10.1. The Balaban J connectivity index is 2.11. The largest absolute Gasteiger partial charge is 0.487 e. The number of hydrogen-bond acceptors (Lipinski definition) is 3. The number of nitrogen functional groups attached to an aromatic ring is 1. The zero-order chi connectivity index (χ0) is 13.1. The maximum Gasteiger partial charge on any atom is 0.131 e. The maximum atomic E-state index is 12.7. The average Bonchev–Trinajstić information content (AvgIpc) is 2.37. The van der Waals surface area contributed by atoms with Crippen LogP contribution in [0, 0.1) is 19.7 Å². The lowest BCUT2D eigenvalue weighted by Crippen LogP contribution is -2.05. The van der Waals surface area contributed by atoms with E-state index in [-0.39, 0.29) is 5.82 Å². The van der Waals surface area contributed by atoms with Gasteiger partial charge in [-0.25, -0.2) is 4.39 Å². The summed E-state index contributed by atoms with van der Waals surface area (Å²) in [7, 11) is 0. The molecule has 1 aromatic carbocycles. The molecule has 0 bridgehead atoms. The van der Waals surface area contributed by atoms with Gasteiger partial charge in [0.05, 0.1) is 5.69 Å². The van der Waals surface area contributed by atoms with E-state index in [1.807, 2.05) is 13.8 Å². The second kappa shape index (κ2) is 5.04. The Labute approximate surface area is 105 Å². The lowest BCUT2D eigenvalue weighted by molar-refractivity contribution is 0.300. The molecule has 4 heteroatoms. The molecule has 0 atom stereocenters. The first-order valence-electron chi connectivity index (χ1n) is 5.67. The third-order valence-electron chi connectivity index (χ3n) is 2.86. The first kappa shape index (κ1) is 12.4. The SMILES string of the molecule is Cc1cnc(COc2ccc(F)cc2)c(C)c1N. The van der Waals surface area contributed by atoms with Gasteiger partial charge in [0.1, 0.15) is 18.2 Å². The predicted molar refractivity (Wildman–Crippen MR) is 68.9 cm³/mol. The molecule has 18 heavy (non-hydrogen) atoms. The van der Waals surface area contributed by atoms with Crippen molar-refractivity contribution in [1.29, 1.82) is 0 Å². The van der Waals surface area contributed by atoms with E-state index < -0.39 is 0 Å². The van der Waals surface area contributed by atoms with Crippen LogP contribution in [0.25, 0.3) is 0 Å². The highest BCUT2D eigenvalue weighted by Crippen LogP contribution is 2.20. The fourth-order valence-electron chi connectivity index (χ4n) is 1.62. The van der Waals surface area contributed by atoms with E-state index in [1.54, 1.807) is 18.3 Å². The fourth-order valence-corrected chi connectivity index (χ4v) is 1.62. The van der Waals surface area contributed by atoms with Crippen LogP contribution in [0.2, 0.25) is 0 Å². The zero-order valence-corrected chi connectivity index (χ0v) is 10.4. The normalized spacial score (nSPS) is 10.4. The number of ether oxygens (including phenoxy) is 1. The van der Waals surface area contributed by atoms with Gasteiger partial charge in [0.25, 0.3) is 0 Å². The van der Waals surface area contributed by atoms with E-state index in [0.29, 0.717) is 12.4 Å². The molecule has 2 rings (SSSR count). The van der Waals surface area contributed by atoms with Crippen molar-refractivity contribution >= 4 is 5.69 Å². The Morgan fingerprint density at radius 3 is 2.56 bits per heavy atom. The topological polar surface area (TPSA) is 48.1 Å². The van der Waals surface area contributed by atoms with Crippen LogP contribution in [-0.2, 0) is 6.61 Å².